The molecular weight excluding hydrogens is 316 g/mol. The highest BCUT2D eigenvalue weighted by Crippen LogP contribution is 2.49. The molecule has 1 aliphatic heterocycles. The fraction of sp³-hybridized carbons (Fsp3) is 0.500. The van der Waals surface area contributed by atoms with Crippen molar-refractivity contribution in [2.45, 2.75) is 31.8 Å². The van der Waals surface area contributed by atoms with Gasteiger partial charge >= 0.3 is 0 Å². The van der Waals surface area contributed by atoms with Gasteiger partial charge in [-0.15, -0.1) is 5.10 Å². The minimum Gasteiger partial charge on any atom is -0.473 e. The second-order valence-corrected chi connectivity index (χ2v) is 7.43. The van der Waals surface area contributed by atoms with Crippen LogP contribution in [0.1, 0.15) is 25.7 Å². The number of fused-ring (bicyclic) bond motifs is 1. The Hall–Kier alpha value is -2.41. The molecular formula is C18H22N6O. The van der Waals surface area contributed by atoms with Crippen molar-refractivity contribution in [2.24, 2.45) is 12.5 Å². The highest BCUT2D eigenvalue weighted by molar-refractivity contribution is 5.59. The topological polar surface area (TPSA) is 69.3 Å². The van der Waals surface area contributed by atoms with Crippen LogP contribution in [-0.2, 0) is 7.05 Å². The molecule has 4 heterocycles. The molecule has 1 N–H and O–H groups in total. The Morgan fingerprint density at radius 1 is 1.20 bits per heavy atom. The van der Waals surface area contributed by atoms with E-state index < -0.39 is 0 Å². The fourth-order valence-electron chi connectivity index (χ4n) is 4.16. The van der Waals surface area contributed by atoms with Crippen molar-refractivity contribution < 1.29 is 4.74 Å². The van der Waals surface area contributed by atoms with Crippen LogP contribution < -0.4 is 10.1 Å². The van der Waals surface area contributed by atoms with E-state index in [1.807, 2.05) is 42.4 Å². The average molecular weight is 338 g/mol. The van der Waals surface area contributed by atoms with Gasteiger partial charge in [0.25, 0.3) is 0 Å². The maximum absolute atomic E-state index is 6.12. The van der Waals surface area contributed by atoms with Crippen LogP contribution in [0.5, 0.6) is 5.88 Å². The van der Waals surface area contributed by atoms with E-state index in [0.29, 0.717) is 17.4 Å². The minimum absolute atomic E-state index is 0.300. The summed E-state index contributed by atoms with van der Waals surface area (Å²) in [6.45, 7) is 2.29. The molecule has 130 valence electrons. The molecule has 1 saturated carbocycles. The molecule has 0 atom stereocenters. The predicted octanol–water partition coefficient (Wildman–Crippen LogP) is 2.04. The van der Waals surface area contributed by atoms with Crippen LogP contribution >= 0.6 is 0 Å². The Kier molecular flexibility index (Phi) is 3.31. The molecule has 0 amide bonds. The van der Waals surface area contributed by atoms with Crippen molar-refractivity contribution in [3.05, 3.63) is 30.9 Å². The number of piperidine rings is 1. The highest BCUT2D eigenvalue weighted by Gasteiger charge is 2.46. The van der Waals surface area contributed by atoms with Gasteiger partial charge in [0.05, 0.1) is 29.8 Å². The van der Waals surface area contributed by atoms with E-state index >= 15 is 0 Å². The number of aromatic nitrogens is 5. The SMILES string of the molecule is Cn1cc(-c2cn3nc(OC4CC5(CCNCC5)C4)cc3cn2)cn1. The summed E-state index contributed by atoms with van der Waals surface area (Å²) in [7, 11) is 1.90. The van der Waals surface area contributed by atoms with Gasteiger partial charge < -0.3 is 10.1 Å². The summed E-state index contributed by atoms with van der Waals surface area (Å²) < 4.78 is 9.72. The van der Waals surface area contributed by atoms with Gasteiger partial charge in [-0.2, -0.15) is 5.10 Å². The van der Waals surface area contributed by atoms with E-state index in [1.54, 1.807) is 4.68 Å². The van der Waals surface area contributed by atoms with E-state index in [4.69, 9.17) is 4.74 Å². The van der Waals surface area contributed by atoms with Crippen LogP contribution in [0, 0.1) is 5.41 Å². The molecule has 2 aliphatic rings. The quantitative estimate of drug-likeness (QED) is 0.791. The first-order valence-electron chi connectivity index (χ1n) is 8.91. The summed E-state index contributed by atoms with van der Waals surface area (Å²) in [6.07, 6.45) is 12.7. The van der Waals surface area contributed by atoms with Crippen LogP contribution in [0.25, 0.3) is 16.8 Å². The van der Waals surface area contributed by atoms with Crippen molar-refractivity contribution in [1.82, 2.24) is 29.7 Å². The first-order chi connectivity index (χ1) is 12.2. The fourth-order valence-corrected chi connectivity index (χ4v) is 4.16. The lowest BCUT2D eigenvalue weighted by molar-refractivity contribution is -0.0368. The van der Waals surface area contributed by atoms with Gasteiger partial charge in [0, 0.05) is 24.9 Å². The Bertz CT molecular complexity index is 899. The number of hydrogen-bond acceptors (Lipinski definition) is 5. The Labute approximate surface area is 146 Å². The van der Waals surface area contributed by atoms with E-state index in [1.165, 1.54) is 12.8 Å². The van der Waals surface area contributed by atoms with Crippen molar-refractivity contribution in [3.8, 4) is 17.1 Å². The maximum Gasteiger partial charge on any atom is 0.234 e. The molecule has 0 radical (unpaired) electrons. The van der Waals surface area contributed by atoms with Gasteiger partial charge in [-0.3, -0.25) is 9.67 Å². The van der Waals surface area contributed by atoms with Crippen LogP contribution in [0.4, 0.5) is 0 Å². The van der Waals surface area contributed by atoms with E-state index in [2.05, 4.69) is 20.5 Å². The Morgan fingerprint density at radius 3 is 2.80 bits per heavy atom. The van der Waals surface area contributed by atoms with Gasteiger partial charge in [0.1, 0.15) is 6.10 Å². The van der Waals surface area contributed by atoms with Crippen molar-refractivity contribution in [3.63, 3.8) is 0 Å². The number of nitrogens with zero attached hydrogens (tertiary/aromatic N) is 5. The summed E-state index contributed by atoms with van der Waals surface area (Å²) in [6, 6.07) is 1.97. The lowest BCUT2D eigenvalue weighted by atomic mass is 9.62. The summed E-state index contributed by atoms with van der Waals surface area (Å²) in [5, 5.41) is 12.2. The van der Waals surface area contributed by atoms with Crippen molar-refractivity contribution >= 4 is 5.52 Å². The largest absolute Gasteiger partial charge is 0.473 e. The van der Waals surface area contributed by atoms with E-state index in [9.17, 15) is 0 Å². The molecule has 25 heavy (non-hydrogen) atoms. The third-order valence-corrected chi connectivity index (χ3v) is 5.60. The van der Waals surface area contributed by atoms with Gasteiger partial charge in [0.2, 0.25) is 5.88 Å². The molecule has 1 spiro atoms. The Morgan fingerprint density at radius 2 is 2.04 bits per heavy atom. The highest BCUT2D eigenvalue weighted by atomic mass is 16.5. The molecule has 7 heteroatoms. The average Bonchev–Trinajstić information content (AvgIpc) is 3.19. The molecule has 1 aliphatic carbocycles. The maximum atomic E-state index is 6.12. The molecule has 3 aromatic heterocycles. The van der Waals surface area contributed by atoms with E-state index in [-0.39, 0.29) is 0 Å². The van der Waals surface area contributed by atoms with Gasteiger partial charge in [0.15, 0.2) is 0 Å². The van der Waals surface area contributed by atoms with Crippen LogP contribution in [0.2, 0.25) is 0 Å². The predicted molar refractivity (Wildman–Crippen MR) is 93.4 cm³/mol. The Balaban J connectivity index is 1.31. The summed E-state index contributed by atoms with van der Waals surface area (Å²) >= 11 is 0. The van der Waals surface area contributed by atoms with Crippen molar-refractivity contribution in [1.29, 1.82) is 0 Å². The minimum atomic E-state index is 0.300. The first kappa shape index (κ1) is 14.9. The molecule has 5 rings (SSSR count). The molecule has 7 nitrogen and oxygen atoms in total. The summed E-state index contributed by atoms with van der Waals surface area (Å²) in [4.78, 5) is 4.51. The standard InChI is InChI=1S/C18H22N6O/c1-23-11-13(9-21-23)16-12-24-14(10-20-16)6-17(22-24)25-15-7-18(8-15)2-4-19-5-3-18/h6,9-12,15,19H,2-5,7-8H2,1H3. The first-order valence-corrected chi connectivity index (χ1v) is 8.91. The zero-order valence-corrected chi connectivity index (χ0v) is 14.4. The molecule has 2 fully saturated rings. The number of ether oxygens (including phenoxy) is 1. The molecule has 0 bridgehead atoms. The molecule has 1 saturated heterocycles. The molecule has 0 unspecified atom stereocenters. The number of aryl methyl sites for hydroxylation is 1. The number of nitrogens with one attached hydrogen (secondary N) is 1. The molecule has 0 aromatic carbocycles. The summed E-state index contributed by atoms with van der Waals surface area (Å²) in [5.74, 6) is 0.693. The van der Waals surface area contributed by atoms with Gasteiger partial charge in [-0.05, 0) is 44.2 Å². The van der Waals surface area contributed by atoms with Crippen LogP contribution in [0.3, 0.4) is 0 Å². The monoisotopic (exact) mass is 338 g/mol. The van der Waals surface area contributed by atoms with Crippen molar-refractivity contribution in [2.75, 3.05) is 13.1 Å². The molecule has 3 aromatic rings. The second kappa shape index (κ2) is 5.56. The number of hydrogen-bond donors (Lipinski definition) is 1. The third-order valence-electron chi connectivity index (χ3n) is 5.60. The van der Waals surface area contributed by atoms with Crippen LogP contribution in [0.15, 0.2) is 30.9 Å². The second-order valence-electron chi connectivity index (χ2n) is 7.43. The number of rotatable bonds is 3. The zero-order valence-electron chi connectivity index (χ0n) is 14.4. The van der Waals surface area contributed by atoms with Gasteiger partial charge in [-0.25, -0.2) is 4.52 Å². The lowest BCUT2D eigenvalue weighted by Crippen LogP contribution is -2.49. The van der Waals surface area contributed by atoms with Crippen LogP contribution in [-0.4, -0.2) is 43.6 Å². The lowest BCUT2D eigenvalue weighted by Gasteiger charge is -2.49. The third kappa shape index (κ3) is 2.68. The van der Waals surface area contributed by atoms with Gasteiger partial charge in [-0.1, -0.05) is 0 Å². The summed E-state index contributed by atoms with van der Waals surface area (Å²) in [5.41, 5.74) is 3.30. The normalized spacial score (nSPS) is 20.0. The van der Waals surface area contributed by atoms with E-state index in [0.717, 1.165) is 42.7 Å². The zero-order chi connectivity index (χ0) is 16.9. The smallest absolute Gasteiger partial charge is 0.234 e.